The Balaban J connectivity index is 1.73. The Labute approximate surface area is 204 Å². The molecule has 0 spiro atoms. The molecule has 0 bridgehead atoms. The van der Waals surface area contributed by atoms with Crippen molar-refractivity contribution in [3.63, 3.8) is 0 Å². The van der Waals surface area contributed by atoms with E-state index in [0.29, 0.717) is 19.1 Å². The Bertz CT molecular complexity index is 1140. The molecule has 1 fully saturated rings. The fourth-order valence-corrected chi connectivity index (χ4v) is 5.35. The lowest BCUT2D eigenvalue weighted by molar-refractivity contribution is 0.0793. The van der Waals surface area contributed by atoms with Crippen molar-refractivity contribution in [3.05, 3.63) is 59.2 Å². The van der Waals surface area contributed by atoms with Gasteiger partial charge >= 0.3 is 0 Å². The van der Waals surface area contributed by atoms with E-state index in [2.05, 4.69) is 74.1 Å². The molecular formula is C28H35BN4O. The van der Waals surface area contributed by atoms with Crippen LogP contribution in [-0.4, -0.2) is 44.2 Å². The molecule has 0 atom stereocenters. The van der Waals surface area contributed by atoms with E-state index in [-0.39, 0.29) is 12.6 Å². The summed E-state index contributed by atoms with van der Waals surface area (Å²) in [4.78, 5) is 17.6. The van der Waals surface area contributed by atoms with Crippen LogP contribution in [0.4, 0.5) is 11.4 Å². The van der Waals surface area contributed by atoms with Crippen LogP contribution in [0.1, 0.15) is 48.2 Å². The van der Waals surface area contributed by atoms with Crippen LogP contribution >= 0.6 is 0 Å². The maximum absolute atomic E-state index is 13.5. The highest BCUT2D eigenvalue weighted by molar-refractivity contribution is 6.67. The minimum Gasteiger partial charge on any atom is -0.382 e. The van der Waals surface area contributed by atoms with Crippen LogP contribution in [0.3, 0.4) is 0 Å². The topological polar surface area (TPSA) is 59.4 Å². The summed E-state index contributed by atoms with van der Waals surface area (Å²) in [7, 11) is 4.16. The Hall–Kier alpha value is -3.20. The Morgan fingerprint density at radius 2 is 2.00 bits per heavy atom. The van der Waals surface area contributed by atoms with Gasteiger partial charge in [-0.05, 0) is 60.6 Å². The molecule has 1 saturated heterocycles. The molecule has 2 heterocycles. The molecule has 176 valence electrons. The second kappa shape index (κ2) is 9.97. The van der Waals surface area contributed by atoms with Gasteiger partial charge in [0, 0.05) is 50.6 Å². The predicted molar refractivity (Wildman–Crippen MR) is 143 cm³/mol. The van der Waals surface area contributed by atoms with Gasteiger partial charge in [0.15, 0.2) is 0 Å². The maximum Gasteiger partial charge on any atom is 0.268 e. The average molecular weight is 454 g/mol. The number of amides is 1. The quantitative estimate of drug-likeness (QED) is 0.434. The van der Waals surface area contributed by atoms with Gasteiger partial charge < -0.3 is 15.1 Å². The number of nitriles is 1. The van der Waals surface area contributed by atoms with Gasteiger partial charge in [0.05, 0.1) is 5.56 Å². The number of nitrogens with zero attached hydrogens (tertiary/aromatic N) is 3. The van der Waals surface area contributed by atoms with Crippen molar-refractivity contribution in [1.29, 1.82) is 5.26 Å². The molecule has 5 nitrogen and oxygen atoms in total. The molecule has 6 heteroatoms. The number of rotatable bonds is 7. The van der Waals surface area contributed by atoms with E-state index < -0.39 is 0 Å². The number of benzene rings is 2. The Kier molecular flexibility index (Phi) is 7.02. The van der Waals surface area contributed by atoms with Gasteiger partial charge in [0.25, 0.3) is 12.6 Å². The van der Waals surface area contributed by atoms with E-state index in [1.807, 2.05) is 11.8 Å². The van der Waals surface area contributed by atoms with E-state index in [0.717, 1.165) is 65.4 Å². The zero-order valence-electron chi connectivity index (χ0n) is 20.9. The van der Waals surface area contributed by atoms with Crippen LogP contribution in [0.25, 0.3) is 11.1 Å². The number of carbonyl (C=O) groups excluding carboxylic acids is 1. The second-order valence-electron chi connectivity index (χ2n) is 10.0. The Morgan fingerprint density at radius 1 is 1.26 bits per heavy atom. The summed E-state index contributed by atoms with van der Waals surface area (Å²) in [5, 5.41) is 12.9. The molecule has 1 N–H and O–H groups in total. The smallest absolute Gasteiger partial charge is 0.268 e. The van der Waals surface area contributed by atoms with Crippen LogP contribution in [0, 0.1) is 11.2 Å². The molecule has 4 rings (SSSR count). The molecule has 0 unspecified atom stereocenters. The number of hydrogen-bond donors (Lipinski definition) is 1. The largest absolute Gasteiger partial charge is 0.382 e. The third-order valence-corrected chi connectivity index (χ3v) is 7.15. The number of aryl methyl sites for hydroxylation is 1. The minimum atomic E-state index is 0.0751. The number of nitrogens with one attached hydrogen (secondary N) is 1. The molecule has 1 amide bonds. The van der Waals surface area contributed by atoms with Gasteiger partial charge in [0.2, 0.25) is 0 Å². The average Bonchev–Trinajstić information content (AvgIpc) is 3.15. The highest BCUT2D eigenvalue weighted by atomic mass is 16.2. The zero-order chi connectivity index (χ0) is 24.4. The first-order valence-electron chi connectivity index (χ1n) is 12.4. The third kappa shape index (κ3) is 4.70. The number of anilines is 2. The lowest BCUT2D eigenvalue weighted by Crippen LogP contribution is -2.30. The molecule has 0 aromatic heterocycles. The molecule has 2 aromatic carbocycles. The van der Waals surface area contributed by atoms with Crippen LogP contribution < -0.4 is 10.2 Å². The van der Waals surface area contributed by atoms with E-state index >= 15 is 0 Å². The van der Waals surface area contributed by atoms with Gasteiger partial charge in [0.1, 0.15) is 0 Å². The molecule has 2 aliphatic heterocycles. The highest BCUT2D eigenvalue weighted by Crippen LogP contribution is 2.39. The summed E-state index contributed by atoms with van der Waals surface area (Å²) >= 11 is 0. The molecular weight excluding hydrogens is 419 g/mol. The molecule has 0 saturated carbocycles. The highest BCUT2D eigenvalue weighted by Gasteiger charge is 2.33. The molecule has 2 aliphatic rings. The fourth-order valence-electron chi connectivity index (χ4n) is 5.35. The number of carbonyl (C=O) groups is 1. The fraction of sp³-hybridized carbons (Fsp3) is 0.429. The number of fused-ring (bicyclic) bond motifs is 1. The van der Waals surface area contributed by atoms with Crippen molar-refractivity contribution in [2.24, 2.45) is 0 Å². The predicted octanol–water partition coefficient (Wildman–Crippen LogP) is 5.65. The number of hydrogen-bond acceptors (Lipinski definition) is 4. The summed E-state index contributed by atoms with van der Waals surface area (Å²) in [5.41, 5.74) is 8.59. The molecule has 34 heavy (non-hydrogen) atoms. The van der Waals surface area contributed by atoms with Crippen molar-refractivity contribution in [2.45, 2.75) is 58.3 Å². The normalized spacial score (nSPS) is 15.8. The van der Waals surface area contributed by atoms with Crippen molar-refractivity contribution < 1.29 is 4.79 Å². The van der Waals surface area contributed by atoms with E-state index in [1.165, 1.54) is 11.3 Å². The zero-order valence-corrected chi connectivity index (χ0v) is 20.9. The minimum absolute atomic E-state index is 0.0751. The van der Waals surface area contributed by atoms with Gasteiger partial charge in [-0.25, -0.2) is 5.26 Å². The second-order valence-corrected chi connectivity index (χ2v) is 10.0. The van der Waals surface area contributed by atoms with Gasteiger partial charge in [-0.15, -0.1) is 0 Å². The van der Waals surface area contributed by atoms with Crippen LogP contribution in [-0.2, 0) is 13.0 Å². The van der Waals surface area contributed by atoms with Gasteiger partial charge in [-0.1, -0.05) is 49.9 Å². The first-order chi connectivity index (χ1) is 16.3. The Morgan fingerprint density at radius 3 is 2.62 bits per heavy atom. The van der Waals surface area contributed by atoms with E-state index in [9.17, 15) is 10.1 Å². The third-order valence-electron chi connectivity index (χ3n) is 7.15. The first kappa shape index (κ1) is 23.9. The van der Waals surface area contributed by atoms with E-state index in [1.54, 1.807) is 0 Å². The van der Waals surface area contributed by atoms with Gasteiger partial charge in [-0.2, -0.15) is 0 Å². The van der Waals surface area contributed by atoms with Crippen LogP contribution in [0.5, 0.6) is 0 Å². The lowest BCUT2D eigenvalue weighted by Gasteiger charge is -2.26. The molecule has 0 aliphatic carbocycles. The monoisotopic (exact) mass is 454 g/mol. The standard InChI is InChI=1S/C28H35BN4O/c1-6-20-7-8-21(15-26(20)32(4)5)23-9-10-25(31-22-11-13-29(18-30)14-12-22)27-24(23)17-33(28(27)34)16-19(2)3/h7-10,15,22,31H,2,6,11-14,16-17H2,1,3-5H3. The van der Waals surface area contributed by atoms with Crippen molar-refractivity contribution in [3.8, 4) is 17.1 Å². The van der Waals surface area contributed by atoms with Crippen molar-refractivity contribution >= 4 is 24.0 Å². The maximum atomic E-state index is 13.5. The lowest BCUT2D eigenvalue weighted by atomic mass is 9.42. The van der Waals surface area contributed by atoms with Crippen LogP contribution in [0.15, 0.2) is 42.5 Å². The molecule has 2 aromatic rings. The summed E-state index contributed by atoms with van der Waals surface area (Å²) in [6.45, 7) is 9.51. The summed E-state index contributed by atoms with van der Waals surface area (Å²) in [6.07, 6.45) is 4.74. The SMILES string of the molecule is C=C(C)CN1Cc2c(-c3ccc(CC)c(N(C)C)c3)ccc(NC3CCB(C#N)CC3)c2C1=O. The first-order valence-corrected chi connectivity index (χ1v) is 12.4. The van der Waals surface area contributed by atoms with Crippen molar-refractivity contribution in [1.82, 2.24) is 4.90 Å². The summed E-state index contributed by atoms with van der Waals surface area (Å²) in [5.74, 6) is 2.48. The summed E-state index contributed by atoms with van der Waals surface area (Å²) in [6, 6.07) is 11.2. The van der Waals surface area contributed by atoms with Gasteiger partial charge in [-0.3, -0.25) is 4.79 Å². The van der Waals surface area contributed by atoms with Crippen LogP contribution in [0.2, 0.25) is 12.6 Å². The summed E-state index contributed by atoms with van der Waals surface area (Å²) < 4.78 is 0. The molecule has 0 radical (unpaired) electrons. The van der Waals surface area contributed by atoms with E-state index in [4.69, 9.17) is 0 Å². The van der Waals surface area contributed by atoms with Crippen molar-refractivity contribution in [2.75, 3.05) is 30.9 Å².